The molecule has 13 heteroatoms. The Bertz CT molecular complexity index is 1080. The smallest absolute Gasteiger partial charge is 0.452 e. The van der Waals surface area contributed by atoms with Crippen LogP contribution in [0.15, 0.2) is 53.4 Å². The minimum Gasteiger partial charge on any atom is -0.452 e. The molecule has 9 nitrogen and oxygen atoms in total. The summed E-state index contributed by atoms with van der Waals surface area (Å²) in [5.41, 5.74) is 0.209. The van der Waals surface area contributed by atoms with Crippen LogP contribution < -0.4 is 10.1 Å². The van der Waals surface area contributed by atoms with Gasteiger partial charge in [-0.15, -0.1) is 13.2 Å². The SMILES string of the molecule is O=C(COC(=O)c1ccc(S(=O)(=O)N2CCOCC2)cc1)Nc1ccc(OC(F)(F)F)cc1. The van der Waals surface area contributed by atoms with E-state index in [1.54, 1.807) is 0 Å². The van der Waals surface area contributed by atoms with E-state index in [9.17, 15) is 31.2 Å². The van der Waals surface area contributed by atoms with Crippen molar-refractivity contribution >= 4 is 27.6 Å². The van der Waals surface area contributed by atoms with Crippen LogP contribution in [0.2, 0.25) is 0 Å². The fourth-order valence-electron chi connectivity index (χ4n) is 2.85. The zero-order valence-corrected chi connectivity index (χ0v) is 17.8. The Morgan fingerprint density at radius 3 is 2.18 bits per heavy atom. The zero-order chi connectivity index (χ0) is 24.1. The normalized spacial score (nSPS) is 15.0. The number of carbonyl (C=O) groups excluding carboxylic acids is 2. The summed E-state index contributed by atoms with van der Waals surface area (Å²) in [5.74, 6) is -2.03. The molecule has 33 heavy (non-hydrogen) atoms. The number of nitrogens with one attached hydrogen (secondary N) is 1. The molecule has 0 aliphatic carbocycles. The van der Waals surface area contributed by atoms with E-state index in [-0.39, 0.29) is 29.2 Å². The molecule has 178 valence electrons. The molecule has 1 saturated heterocycles. The third kappa shape index (κ3) is 6.91. The van der Waals surface area contributed by atoms with Gasteiger partial charge in [0.2, 0.25) is 10.0 Å². The highest BCUT2D eigenvalue weighted by atomic mass is 32.2. The van der Waals surface area contributed by atoms with Gasteiger partial charge in [-0.1, -0.05) is 0 Å². The Balaban J connectivity index is 1.51. The van der Waals surface area contributed by atoms with E-state index in [4.69, 9.17) is 9.47 Å². The van der Waals surface area contributed by atoms with Crippen molar-refractivity contribution in [1.29, 1.82) is 0 Å². The van der Waals surface area contributed by atoms with E-state index in [1.165, 1.54) is 40.7 Å². The fourth-order valence-corrected chi connectivity index (χ4v) is 4.26. The van der Waals surface area contributed by atoms with Crippen molar-refractivity contribution in [1.82, 2.24) is 4.31 Å². The van der Waals surface area contributed by atoms with Gasteiger partial charge >= 0.3 is 12.3 Å². The van der Waals surface area contributed by atoms with E-state index in [1.807, 2.05) is 0 Å². The van der Waals surface area contributed by atoms with Crippen LogP contribution in [-0.4, -0.2) is 63.9 Å². The monoisotopic (exact) mass is 488 g/mol. The molecule has 0 bridgehead atoms. The van der Waals surface area contributed by atoms with Crippen molar-refractivity contribution in [3.05, 3.63) is 54.1 Å². The van der Waals surface area contributed by atoms with E-state index < -0.39 is 40.6 Å². The van der Waals surface area contributed by atoms with Gasteiger partial charge in [0.15, 0.2) is 6.61 Å². The predicted molar refractivity (Wildman–Crippen MR) is 108 cm³/mol. The van der Waals surface area contributed by atoms with Gasteiger partial charge in [-0.3, -0.25) is 4.79 Å². The number of hydrogen-bond donors (Lipinski definition) is 1. The molecule has 2 aromatic carbocycles. The lowest BCUT2D eigenvalue weighted by Gasteiger charge is -2.26. The lowest BCUT2D eigenvalue weighted by Crippen LogP contribution is -2.40. The van der Waals surface area contributed by atoms with Crippen molar-refractivity contribution in [2.24, 2.45) is 0 Å². The number of anilines is 1. The highest BCUT2D eigenvalue weighted by Crippen LogP contribution is 2.24. The van der Waals surface area contributed by atoms with E-state index in [2.05, 4.69) is 10.1 Å². The van der Waals surface area contributed by atoms with Crippen molar-refractivity contribution in [3.8, 4) is 5.75 Å². The molecular formula is C20H19F3N2O7S. The molecule has 1 aliphatic heterocycles. The lowest BCUT2D eigenvalue weighted by molar-refractivity contribution is -0.274. The molecule has 1 aliphatic rings. The van der Waals surface area contributed by atoms with Gasteiger partial charge in [-0.2, -0.15) is 4.31 Å². The molecular weight excluding hydrogens is 469 g/mol. The molecule has 0 unspecified atom stereocenters. The van der Waals surface area contributed by atoms with E-state index in [0.29, 0.717) is 13.2 Å². The molecule has 3 rings (SSSR count). The number of hydrogen-bond acceptors (Lipinski definition) is 7. The second kappa shape index (κ2) is 10.2. The summed E-state index contributed by atoms with van der Waals surface area (Å²) in [6, 6.07) is 9.49. The fraction of sp³-hybridized carbons (Fsp3) is 0.300. The average Bonchev–Trinajstić information content (AvgIpc) is 2.78. The first-order chi connectivity index (χ1) is 15.5. The number of ether oxygens (including phenoxy) is 3. The summed E-state index contributed by atoms with van der Waals surface area (Å²) in [5, 5.41) is 2.36. The highest BCUT2D eigenvalue weighted by molar-refractivity contribution is 7.89. The number of nitrogens with zero attached hydrogens (tertiary/aromatic N) is 1. The summed E-state index contributed by atoms with van der Waals surface area (Å²) < 4.78 is 76.7. The van der Waals surface area contributed by atoms with Gasteiger partial charge in [-0.05, 0) is 48.5 Å². The Labute approximate surface area is 187 Å². The number of amides is 1. The van der Waals surface area contributed by atoms with Crippen LogP contribution in [0, 0.1) is 0 Å². The maximum atomic E-state index is 12.6. The summed E-state index contributed by atoms with van der Waals surface area (Å²) in [6.45, 7) is 0.417. The number of benzene rings is 2. The first kappa shape index (κ1) is 24.5. The molecule has 0 aromatic heterocycles. The van der Waals surface area contributed by atoms with Crippen molar-refractivity contribution in [3.63, 3.8) is 0 Å². The number of carbonyl (C=O) groups is 2. The molecule has 0 saturated carbocycles. The molecule has 0 radical (unpaired) electrons. The molecule has 1 heterocycles. The molecule has 0 atom stereocenters. The van der Waals surface area contributed by atoms with Crippen molar-refractivity contribution in [2.75, 3.05) is 38.2 Å². The van der Waals surface area contributed by atoms with Gasteiger partial charge in [-0.25, -0.2) is 13.2 Å². The number of morpholine rings is 1. The number of rotatable bonds is 7. The molecule has 2 aromatic rings. The molecule has 1 amide bonds. The summed E-state index contributed by atoms with van der Waals surface area (Å²) >= 11 is 0. The van der Waals surface area contributed by atoms with Gasteiger partial charge in [0.25, 0.3) is 5.91 Å². The van der Waals surface area contributed by atoms with Crippen LogP contribution >= 0.6 is 0 Å². The maximum Gasteiger partial charge on any atom is 0.573 e. The molecule has 1 fully saturated rings. The summed E-state index contributed by atoms with van der Waals surface area (Å²) in [4.78, 5) is 24.1. The van der Waals surface area contributed by atoms with E-state index in [0.717, 1.165) is 12.1 Å². The molecule has 0 spiro atoms. The van der Waals surface area contributed by atoms with Gasteiger partial charge < -0.3 is 19.5 Å². The second-order valence-electron chi connectivity index (χ2n) is 6.74. The molecule has 1 N–H and O–H groups in total. The van der Waals surface area contributed by atoms with E-state index >= 15 is 0 Å². The Kier molecular flexibility index (Phi) is 7.56. The minimum absolute atomic E-state index is 0.0108. The zero-order valence-electron chi connectivity index (χ0n) is 17.0. The van der Waals surface area contributed by atoms with Crippen LogP contribution in [0.5, 0.6) is 5.75 Å². The van der Waals surface area contributed by atoms with Crippen LogP contribution in [0.25, 0.3) is 0 Å². The minimum atomic E-state index is -4.83. The summed E-state index contributed by atoms with van der Waals surface area (Å²) in [7, 11) is -3.71. The third-order valence-corrected chi connectivity index (χ3v) is 6.32. The largest absolute Gasteiger partial charge is 0.573 e. The van der Waals surface area contributed by atoms with Gasteiger partial charge in [0.05, 0.1) is 23.7 Å². The van der Waals surface area contributed by atoms with Gasteiger partial charge in [0.1, 0.15) is 5.75 Å². The highest BCUT2D eigenvalue weighted by Gasteiger charge is 2.31. The van der Waals surface area contributed by atoms with Crippen LogP contribution in [-0.2, 0) is 24.3 Å². The van der Waals surface area contributed by atoms with Crippen LogP contribution in [0.1, 0.15) is 10.4 Å². The Hall–Kier alpha value is -3.16. The van der Waals surface area contributed by atoms with Crippen LogP contribution in [0.4, 0.5) is 18.9 Å². The third-order valence-electron chi connectivity index (χ3n) is 4.40. The number of sulfonamides is 1. The second-order valence-corrected chi connectivity index (χ2v) is 8.68. The lowest BCUT2D eigenvalue weighted by atomic mass is 10.2. The van der Waals surface area contributed by atoms with Crippen molar-refractivity contribution in [2.45, 2.75) is 11.3 Å². The standard InChI is InChI=1S/C20H19F3N2O7S/c21-20(22,23)32-16-5-3-15(4-6-16)24-18(26)13-31-19(27)14-1-7-17(8-2-14)33(28,29)25-9-11-30-12-10-25/h1-8H,9-13H2,(H,24,26). The number of halogens is 3. The maximum absolute atomic E-state index is 12.6. The van der Waals surface area contributed by atoms with Crippen LogP contribution in [0.3, 0.4) is 0 Å². The van der Waals surface area contributed by atoms with Gasteiger partial charge in [0, 0.05) is 18.8 Å². The van der Waals surface area contributed by atoms with Crippen molar-refractivity contribution < 1.29 is 45.4 Å². The quantitative estimate of drug-likeness (QED) is 0.596. The first-order valence-electron chi connectivity index (χ1n) is 9.55. The topological polar surface area (TPSA) is 111 Å². The number of esters is 1. The Morgan fingerprint density at radius 2 is 1.61 bits per heavy atom. The first-order valence-corrected chi connectivity index (χ1v) is 11.0. The summed E-state index contributed by atoms with van der Waals surface area (Å²) in [6.07, 6.45) is -4.83. The average molecular weight is 488 g/mol. The number of alkyl halides is 3. The predicted octanol–water partition coefficient (Wildman–Crippen LogP) is 2.40. The Morgan fingerprint density at radius 1 is 1.00 bits per heavy atom.